The number of hydrogen-bond donors (Lipinski definition) is 2. The van der Waals surface area contributed by atoms with Gasteiger partial charge in [0.1, 0.15) is 5.01 Å². The molecule has 4 nitrogen and oxygen atoms in total. The van der Waals surface area contributed by atoms with Crippen LogP contribution in [0.3, 0.4) is 0 Å². The normalized spacial score (nSPS) is 13.9. The Morgan fingerprint density at radius 2 is 2.13 bits per heavy atom. The maximum atomic E-state index is 4.70. The van der Waals surface area contributed by atoms with E-state index in [1.165, 1.54) is 40.8 Å². The van der Waals surface area contributed by atoms with Gasteiger partial charge in [0.15, 0.2) is 5.96 Å². The molecule has 0 bridgehead atoms. The van der Waals surface area contributed by atoms with Crippen molar-refractivity contribution in [3.63, 3.8) is 0 Å². The van der Waals surface area contributed by atoms with Crippen LogP contribution in [0.1, 0.15) is 39.9 Å². The number of fused-ring (bicyclic) bond motifs is 1. The van der Waals surface area contributed by atoms with E-state index in [1.807, 2.05) is 6.20 Å². The summed E-state index contributed by atoms with van der Waals surface area (Å²) in [6.07, 6.45) is 5.65. The third-order valence-electron chi connectivity index (χ3n) is 4.00. The van der Waals surface area contributed by atoms with Crippen LogP contribution in [0.4, 0.5) is 0 Å². The first-order valence-electron chi connectivity index (χ1n) is 8.29. The molecule has 5 heteroatoms. The Bertz CT molecular complexity index is 690. The number of hydrogen-bond acceptors (Lipinski definition) is 3. The van der Waals surface area contributed by atoms with E-state index in [0.717, 1.165) is 17.5 Å². The maximum absolute atomic E-state index is 4.70. The first-order valence-corrected chi connectivity index (χ1v) is 9.10. The Hall–Kier alpha value is -1.88. The number of aliphatic imine (C=N–C) groups is 1. The Balaban J connectivity index is 1.61. The second-order valence-electron chi connectivity index (χ2n) is 5.87. The highest BCUT2D eigenvalue weighted by atomic mass is 32.1. The van der Waals surface area contributed by atoms with Crippen molar-refractivity contribution in [3.05, 3.63) is 51.0 Å². The number of rotatable bonds is 5. The molecule has 2 aromatic rings. The van der Waals surface area contributed by atoms with Crippen LogP contribution in [0.25, 0.3) is 0 Å². The summed E-state index contributed by atoms with van der Waals surface area (Å²) in [5.41, 5.74) is 4.31. The van der Waals surface area contributed by atoms with Crippen LogP contribution in [-0.4, -0.2) is 17.5 Å². The second-order valence-corrected chi connectivity index (χ2v) is 7.19. The third-order valence-corrected chi connectivity index (χ3v) is 4.92. The predicted octanol–water partition coefficient (Wildman–Crippen LogP) is 3.20. The molecular weight excluding hydrogens is 304 g/mol. The van der Waals surface area contributed by atoms with Crippen molar-refractivity contribution >= 4 is 17.3 Å². The summed E-state index contributed by atoms with van der Waals surface area (Å²) in [5, 5.41) is 7.75. The molecule has 0 atom stereocenters. The fraction of sp³-hybridized carbons (Fsp3) is 0.444. The first kappa shape index (κ1) is 16.0. The van der Waals surface area contributed by atoms with E-state index in [4.69, 9.17) is 4.99 Å². The molecule has 0 radical (unpaired) electrons. The zero-order valence-corrected chi connectivity index (χ0v) is 14.7. The molecule has 1 aliphatic carbocycles. The van der Waals surface area contributed by atoms with Crippen LogP contribution in [0.5, 0.6) is 0 Å². The molecule has 0 saturated carbocycles. The minimum absolute atomic E-state index is 0.708. The van der Waals surface area contributed by atoms with Crippen molar-refractivity contribution in [2.75, 3.05) is 6.54 Å². The van der Waals surface area contributed by atoms with Crippen LogP contribution in [0.2, 0.25) is 0 Å². The fourth-order valence-corrected chi connectivity index (χ4v) is 3.60. The molecule has 1 aromatic carbocycles. The van der Waals surface area contributed by atoms with Crippen molar-refractivity contribution in [2.24, 2.45) is 4.99 Å². The monoisotopic (exact) mass is 328 g/mol. The van der Waals surface area contributed by atoms with Gasteiger partial charge < -0.3 is 10.6 Å². The summed E-state index contributed by atoms with van der Waals surface area (Å²) in [6.45, 7) is 6.44. The summed E-state index contributed by atoms with van der Waals surface area (Å²) >= 11 is 1.72. The Morgan fingerprint density at radius 1 is 1.26 bits per heavy atom. The van der Waals surface area contributed by atoms with Gasteiger partial charge in [-0.1, -0.05) is 18.2 Å². The van der Waals surface area contributed by atoms with Gasteiger partial charge in [-0.25, -0.2) is 9.98 Å². The molecule has 1 aromatic heterocycles. The van der Waals surface area contributed by atoms with Crippen LogP contribution in [0, 0.1) is 6.92 Å². The summed E-state index contributed by atoms with van der Waals surface area (Å²) in [6, 6.07) is 6.80. The number of benzene rings is 1. The molecule has 0 saturated heterocycles. The molecule has 1 heterocycles. The highest BCUT2D eigenvalue weighted by molar-refractivity contribution is 7.11. The molecule has 0 unspecified atom stereocenters. The number of aryl methyl sites for hydroxylation is 3. The van der Waals surface area contributed by atoms with Gasteiger partial charge >= 0.3 is 0 Å². The first-order chi connectivity index (χ1) is 11.2. The molecule has 0 aliphatic heterocycles. The Labute approximate surface area is 142 Å². The second kappa shape index (κ2) is 7.59. The molecule has 23 heavy (non-hydrogen) atoms. The zero-order valence-electron chi connectivity index (χ0n) is 13.9. The van der Waals surface area contributed by atoms with Crippen molar-refractivity contribution in [1.29, 1.82) is 0 Å². The molecule has 2 N–H and O–H groups in total. The smallest absolute Gasteiger partial charge is 0.191 e. The Kier molecular flexibility index (Phi) is 5.28. The third kappa shape index (κ3) is 4.32. The molecule has 3 rings (SSSR count). The van der Waals surface area contributed by atoms with E-state index < -0.39 is 0 Å². The molecule has 0 spiro atoms. The summed E-state index contributed by atoms with van der Waals surface area (Å²) in [7, 11) is 0. The van der Waals surface area contributed by atoms with Crippen LogP contribution >= 0.6 is 11.3 Å². The van der Waals surface area contributed by atoms with Crippen LogP contribution < -0.4 is 10.6 Å². The van der Waals surface area contributed by atoms with Gasteiger partial charge in [0.2, 0.25) is 0 Å². The van der Waals surface area contributed by atoms with E-state index in [1.54, 1.807) is 11.3 Å². The average Bonchev–Trinajstić information content (AvgIpc) is 3.18. The lowest BCUT2D eigenvalue weighted by Crippen LogP contribution is -2.36. The van der Waals surface area contributed by atoms with Gasteiger partial charge in [-0.15, -0.1) is 11.3 Å². The minimum atomic E-state index is 0.708. The predicted molar refractivity (Wildman–Crippen MR) is 97.0 cm³/mol. The van der Waals surface area contributed by atoms with E-state index in [-0.39, 0.29) is 0 Å². The fourth-order valence-electron chi connectivity index (χ4n) is 2.88. The average molecular weight is 328 g/mol. The number of guanidine groups is 1. The lowest BCUT2D eigenvalue weighted by molar-refractivity contribution is 0.811. The number of nitrogens with one attached hydrogen (secondary N) is 2. The lowest BCUT2D eigenvalue weighted by atomic mass is 10.1. The number of aromatic nitrogens is 1. The molecular formula is C18H24N4S. The maximum Gasteiger partial charge on any atom is 0.191 e. The van der Waals surface area contributed by atoms with Crippen LogP contribution in [-0.2, 0) is 25.9 Å². The van der Waals surface area contributed by atoms with Crippen LogP contribution in [0.15, 0.2) is 29.4 Å². The van der Waals surface area contributed by atoms with Gasteiger partial charge in [-0.2, -0.15) is 0 Å². The van der Waals surface area contributed by atoms with Gasteiger partial charge in [-0.3, -0.25) is 0 Å². The number of nitrogens with zero attached hydrogens (tertiary/aromatic N) is 2. The van der Waals surface area contributed by atoms with Gasteiger partial charge in [0.05, 0.1) is 13.1 Å². The molecule has 1 aliphatic rings. The van der Waals surface area contributed by atoms with Crippen molar-refractivity contribution < 1.29 is 0 Å². The topological polar surface area (TPSA) is 49.3 Å². The van der Waals surface area contributed by atoms with E-state index >= 15 is 0 Å². The standard InChI is InChI=1S/C18H24N4S/c1-3-19-18(22-12-17-20-10-13(2)23-17)21-11-14-7-8-15-5-4-6-16(15)9-14/h7-10H,3-6,11-12H2,1-2H3,(H2,19,21,22). The van der Waals surface area contributed by atoms with E-state index in [9.17, 15) is 0 Å². The largest absolute Gasteiger partial charge is 0.357 e. The summed E-state index contributed by atoms with van der Waals surface area (Å²) in [4.78, 5) is 10.3. The van der Waals surface area contributed by atoms with Gasteiger partial charge in [-0.05, 0) is 49.8 Å². The van der Waals surface area contributed by atoms with Crippen molar-refractivity contribution in [2.45, 2.75) is 46.2 Å². The van der Waals surface area contributed by atoms with Gasteiger partial charge in [0, 0.05) is 17.6 Å². The summed E-state index contributed by atoms with van der Waals surface area (Å²) in [5.74, 6) is 0.848. The van der Waals surface area contributed by atoms with E-state index in [0.29, 0.717) is 13.1 Å². The number of thiazole rings is 1. The van der Waals surface area contributed by atoms with Gasteiger partial charge in [0.25, 0.3) is 0 Å². The Morgan fingerprint density at radius 3 is 2.91 bits per heavy atom. The van der Waals surface area contributed by atoms with E-state index in [2.05, 4.69) is 47.7 Å². The van der Waals surface area contributed by atoms with Crippen molar-refractivity contribution in [3.8, 4) is 0 Å². The molecule has 0 fully saturated rings. The highest BCUT2D eigenvalue weighted by Crippen LogP contribution is 2.23. The van der Waals surface area contributed by atoms with Crippen molar-refractivity contribution in [1.82, 2.24) is 15.6 Å². The quantitative estimate of drug-likeness (QED) is 0.654. The lowest BCUT2D eigenvalue weighted by Gasteiger charge is -2.10. The molecule has 122 valence electrons. The summed E-state index contributed by atoms with van der Waals surface area (Å²) < 4.78 is 0. The SMILES string of the molecule is CCNC(=NCc1ccc2c(c1)CCC2)NCc1ncc(C)s1. The molecule has 0 amide bonds. The highest BCUT2D eigenvalue weighted by Gasteiger charge is 2.10. The zero-order chi connectivity index (χ0) is 16.1. The minimum Gasteiger partial charge on any atom is -0.357 e.